The summed E-state index contributed by atoms with van der Waals surface area (Å²) in [5, 5.41) is 22.7. The number of nitrogens with one attached hydrogen (secondary N) is 1. The average molecular weight is 576 g/mol. The fourth-order valence-corrected chi connectivity index (χ4v) is 5.11. The van der Waals surface area contributed by atoms with Crippen LogP contribution in [0, 0.1) is 17.2 Å². The standard InChI is InChI=1S/C33H29N5O5/c1-43-26-14-12-22(13-15-26)21-37(33(41)42)29-19-23(16-17-35-29)18-27-28(20-34)38(31(27)39)32(40)36-30(24-8-4-2-5-9-24)25-10-6-3-7-11-25/h2-17,19,27-28,30H,18,21H2,1H3,(H,36,40)(H,41,42)/t27-,28-/m1/s1. The Morgan fingerprint density at radius 2 is 1.63 bits per heavy atom. The molecule has 0 unspecified atom stereocenters. The number of aromatic nitrogens is 1. The molecule has 0 radical (unpaired) electrons. The minimum absolute atomic E-state index is 0.0525. The number of benzene rings is 3. The molecule has 3 aromatic carbocycles. The Bertz CT molecular complexity index is 1600. The maximum Gasteiger partial charge on any atom is 0.413 e. The van der Waals surface area contributed by atoms with Gasteiger partial charge < -0.3 is 15.2 Å². The number of nitrogens with zero attached hydrogens (tertiary/aromatic N) is 4. The zero-order chi connectivity index (χ0) is 30.3. The van der Waals surface area contributed by atoms with E-state index >= 15 is 0 Å². The molecule has 1 aliphatic heterocycles. The molecular weight excluding hydrogens is 546 g/mol. The molecule has 1 saturated heterocycles. The number of carboxylic acid groups (broad SMARTS) is 1. The Morgan fingerprint density at radius 3 is 2.19 bits per heavy atom. The lowest BCUT2D eigenvalue weighted by Gasteiger charge is -2.42. The highest BCUT2D eigenvalue weighted by atomic mass is 16.5. The number of anilines is 1. The second kappa shape index (κ2) is 12.9. The van der Waals surface area contributed by atoms with E-state index in [4.69, 9.17) is 4.74 Å². The van der Waals surface area contributed by atoms with Gasteiger partial charge in [0.25, 0.3) is 0 Å². The van der Waals surface area contributed by atoms with Crippen LogP contribution in [0.3, 0.4) is 0 Å². The lowest BCUT2D eigenvalue weighted by Crippen LogP contribution is -2.65. The van der Waals surface area contributed by atoms with Crippen LogP contribution in [0.5, 0.6) is 5.75 Å². The van der Waals surface area contributed by atoms with Gasteiger partial charge in [-0.05, 0) is 52.9 Å². The number of imide groups is 1. The summed E-state index contributed by atoms with van der Waals surface area (Å²) < 4.78 is 5.16. The molecule has 4 amide bonds. The van der Waals surface area contributed by atoms with E-state index in [2.05, 4.69) is 16.4 Å². The van der Waals surface area contributed by atoms with E-state index in [1.54, 1.807) is 43.5 Å². The van der Waals surface area contributed by atoms with Crippen molar-refractivity contribution < 1.29 is 24.2 Å². The number of nitriles is 1. The third-order valence-electron chi connectivity index (χ3n) is 7.37. The quantitative estimate of drug-likeness (QED) is 0.263. The number of pyridine rings is 1. The number of methoxy groups -OCH3 is 1. The number of urea groups is 1. The Balaban J connectivity index is 1.30. The molecular formula is C33H29N5O5. The molecule has 43 heavy (non-hydrogen) atoms. The van der Waals surface area contributed by atoms with Crippen LogP contribution >= 0.6 is 0 Å². The summed E-state index contributed by atoms with van der Waals surface area (Å²) in [7, 11) is 1.55. The first-order valence-corrected chi connectivity index (χ1v) is 13.6. The summed E-state index contributed by atoms with van der Waals surface area (Å²) in [5.41, 5.74) is 3.03. The van der Waals surface area contributed by atoms with Crippen molar-refractivity contribution in [2.45, 2.75) is 25.0 Å². The highest BCUT2D eigenvalue weighted by Gasteiger charge is 2.51. The number of ether oxygens (including phenoxy) is 1. The van der Waals surface area contributed by atoms with Crippen LogP contribution in [-0.2, 0) is 17.8 Å². The molecule has 0 aliphatic carbocycles. The molecule has 2 heterocycles. The van der Waals surface area contributed by atoms with Crippen molar-refractivity contribution in [1.29, 1.82) is 5.26 Å². The van der Waals surface area contributed by atoms with Gasteiger partial charge in [-0.25, -0.2) is 19.5 Å². The first-order chi connectivity index (χ1) is 20.9. The molecule has 1 aromatic heterocycles. The van der Waals surface area contributed by atoms with Crippen LogP contribution < -0.4 is 15.0 Å². The van der Waals surface area contributed by atoms with Crippen LogP contribution in [0.1, 0.15) is 28.3 Å². The Hall–Kier alpha value is -5.69. The Labute approximate surface area is 248 Å². The number of carbonyl (C=O) groups excluding carboxylic acids is 2. The van der Waals surface area contributed by atoms with E-state index in [0.29, 0.717) is 11.3 Å². The number of β-lactam (4-membered cyclic amide) rings is 1. The first kappa shape index (κ1) is 28.8. The van der Waals surface area contributed by atoms with E-state index in [1.807, 2.05) is 60.7 Å². The summed E-state index contributed by atoms with van der Waals surface area (Å²) in [6, 6.07) is 29.0. The predicted octanol–water partition coefficient (Wildman–Crippen LogP) is 5.17. The van der Waals surface area contributed by atoms with Gasteiger partial charge >= 0.3 is 12.1 Å². The van der Waals surface area contributed by atoms with Gasteiger partial charge in [0.1, 0.15) is 17.6 Å². The topological polar surface area (TPSA) is 136 Å². The second-order valence-corrected chi connectivity index (χ2v) is 10.0. The van der Waals surface area contributed by atoms with Gasteiger partial charge in [-0.1, -0.05) is 72.8 Å². The van der Waals surface area contributed by atoms with Crippen LogP contribution in [0.2, 0.25) is 0 Å². The normalized spacial score (nSPS) is 15.7. The molecule has 10 heteroatoms. The fourth-order valence-electron chi connectivity index (χ4n) is 5.11. The molecule has 0 bridgehead atoms. The van der Waals surface area contributed by atoms with Gasteiger partial charge in [-0.3, -0.25) is 9.69 Å². The molecule has 0 spiro atoms. The number of likely N-dealkylation sites (tertiary alicyclic amines) is 1. The number of amides is 4. The van der Waals surface area contributed by atoms with Gasteiger partial charge in [0.15, 0.2) is 0 Å². The SMILES string of the molecule is COc1ccc(CN(C(=O)O)c2cc(C[C@H]3C(=O)N(C(=O)NC(c4ccccc4)c4ccccc4)[C@@H]3C#N)ccn2)cc1. The summed E-state index contributed by atoms with van der Waals surface area (Å²) in [5.74, 6) is -0.404. The van der Waals surface area contributed by atoms with Crippen molar-refractivity contribution in [3.05, 3.63) is 126 Å². The zero-order valence-corrected chi connectivity index (χ0v) is 23.3. The second-order valence-electron chi connectivity index (χ2n) is 10.0. The average Bonchev–Trinajstić information content (AvgIpc) is 3.04. The number of hydrogen-bond donors (Lipinski definition) is 2. The van der Waals surface area contributed by atoms with E-state index in [-0.39, 0.29) is 18.8 Å². The summed E-state index contributed by atoms with van der Waals surface area (Å²) >= 11 is 0. The molecule has 2 N–H and O–H groups in total. The van der Waals surface area contributed by atoms with E-state index < -0.39 is 36.0 Å². The maximum absolute atomic E-state index is 13.3. The number of hydrogen-bond acceptors (Lipinski definition) is 6. The van der Waals surface area contributed by atoms with Gasteiger partial charge in [0.2, 0.25) is 5.91 Å². The van der Waals surface area contributed by atoms with Crippen LogP contribution in [0.4, 0.5) is 15.4 Å². The summed E-state index contributed by atoms with van der Waals surface area (Å²) in [6.07, 6.45) is 0.422. The third-order valence-corrected chi connectivity index (χ3v) is 7.37. The van der Waals surface area contributed by atoms with Crippen molar-refractivity contribution in [3.8, 4) is 11.8 Å². The zero-order valence-electron chi connectivity index (χ0n) is 23.3. The Morgan fingerprint density at radius 1 is 1.00 bits per heavy atom. The third kappa shape index (κ3) is 6.31. The van der Waals surface area contributed by atoms with Crippen LogP contribution in [0.25, 0.3) is 0 Å². The van der Waals surface area contributed by atoms with E-state index in [0.717, 1.165) is 26.5 Å². The monoisotopic (exact) mass is 575 g/mol. The number of carbonyl (C=O) groups is 3. The molecule has 5 rings (SSSR count). The molecule has 2 atom stereocenters. The smallest absolute Gasteiger partial charge is 0.413 e. The Kier molecular flexibility index (Phi) is 8.63. The van der Waals surface area contributed by atoms with Gasteiger partial charge in [-0.15, -0.1) is 0 Å². The minimum Gasteiger partial charge on any atom is -0.497 e. The summed E-state index contributed by atoms with van der Waals surface area (Å²) in [4.78, 5) is 45.0. The molecule has 4 aromatic rings. The van der Waals surface area contributed by atoms with Crippen molar-refractivity contribution in [3.63, 3.8) is 0 Å². The highest BCUT2D eigenvalue weighted by Crippen LogP contribution is 2.32. The van der Waals surface area contributed by atoms with Crippen LogP contribution in [-0.4, -0.2) is 46.2 Å². The fraction of sp³-hybridized carbons (Fsp3) is 0.182. The maximum atomic E-state index is 13.3. The molecule has 10 nitrogen and oxygen atoms in total. The van der Waals surface area contributed by atoms with Gasteiger partial charge in [-0.2, -0.15) is 5.26 Å². The van der Waals surface area contributed by atoms with Crippen molar-refractivity contribution in [2.24, 2.45) is 5.92 Å². The van der Waals surface area contributed by atoms with Crippen molar-refractivity contribution >= 4 is 23.8 Å². The van der Waals surface area contributed by atoms with E-state index in [1.165, 1.54) is 6.20 Å². The molecule has 216 valence electrons. The lowest BCUT2D eigenvalue weighted by atomic mass is 9.83. The largest absolute Gasteiger partial charge is 0.497 e. The van der Waals surface area contributed by atoms with Crippen molar-refractivity contribution in [2.75, 3.05) is 12.0 Å². The predicted molar refractivity (Wildman–Crippen MR) is 158 cm³/mol. The number of rotatable bonds is 9. The molecule has 0 saturated carbocycles. The van der Waals surface area contributed by atoms with Crippen LogP contribution in [0.15, 0.2) is 103 Å². The van der Waals surface area contributed by atoms with Crippen molar-refractivity contribution in [1.82, 2.24) is 15.2 Å². The highest BCUT2D eigenvalue weighted by molar-refractivity contribution is 6.02. The molecule has 1 fully saturated rings. The van der Waals surface area contributed by atoms with Gasteiger partial charge in [0, 0.05) is 6.20 Å². The lowest BCUT2D eigenvalue weighted by molar-refractivity contribution is -0.146. The van der Waals surface area contributed by atoms with Gasteiger partial charge in [0.05, 0.1) is 31.7 Å². The summed E-state index contributed by atoms with van der Waals surface area (Å²) in [6.45, 7) is 0.0525. The minimum atomic E-state index is -1.19. The molecule has 1 aliphatic rings. The first-order valence-electron chi connectivity index (χ1n) is 13.6. The van der Waals surface area contributed by atoms with E-state index in [9.17, 15) is 24.8 Å².